The van der Waals surface area contributed by atoms with E-state index in [4.69, 9.17) is 5.73 Å². The van der Waals surface area contributed by atoms with E-state index in [2.05, 4.69) is 15.4 Å². The number of halogens is 1. The minimum absolute atomic E-state index is 0.293. The van der Waals surface area contributed by atoms with E-state index in [0.29, 0.717) is 23.2 Å². The summed E-state index contributed by atoms with van der Waals surface area (Å²) in [7, 11) is 0. The lowest BCUT2D eigenvalue weighted by atomic mass is 9.81. The van der Waals surface area contributed by atoms with Gasteiger partial charge in [-0.3, -0.25) is 0 Å². The molecular weight excluding hydrogens is 281 g/mol. The highest BCUT2D eigenvalue weighted by Gasteiger charge is 2.24. The molecule has 2 heterocycles. The summed E-state index contributed by atoms with van der Waals surface area (Å²) < 4.78 is 15.1. The standard InChI is InChI=1S/C16H16FN5/c17-11-5-2-6-12(7-11)20-15-8-14(18)21-16-13(9-19-22(15)16)10-3-1-4-10/h2,5-10,20H,1,3-4H2,(H2,18,21). The van der Waals surface area contributed by atoms with Crippen molar-refractivity contribution in [1.82, 2.24) is 14.6 Å². The van der Waals surface area contributed by atoms with Gasteiger partial charge in [-0.05, 0) is 37.0 Å². The van der Waals surface area contributed by atoms with Gasteiger partial charge < -0.3 is 11.1 Å². The van der Waals surface area contributed by atoms with Crippen LogP contribution < -0.4 is 11.1 Å². The fourth-order valence-corrected chi connectivity index (χ4v) is 2.81. The molecule has 1 aliphatic rings. The summed E-state index contributed by atoms with van der Waals surface area (Å²) in [5.74, 6) is 1.33. The van der Waals surface area contributed by atoms with Crippen LogP contribution in [-0.4, -0.2) is 14.6 Å². The number of nitrogens with one attached hydrogen (secondary N) is 1. The fraction of sp³-hybridized carbons (Fsp3) is 0.250. The highest BCUT2D eigenvalue weighted by molar-refractivity contribution is 5.65. The molecule has 6 heteroatoms. The van der Waals surface area contributed by atoms with Crippen LogP contribution >= 0.6 is 0 Å². The van der Waals surface area contributed by atoms with Gasteiger partial charge in [0.15, 0.2) is 5.65 Å². The number of nitrogens with two attached hydrogens (primary N) is 1. The van der Waals surface area contributed by atoms with Crippen LogP contribution in [0.4, 0.5) is 21.7 Å². The highest BCUT2D eigenvalue weighted by atomic mass is 19.1. The maximum Gasteiger partial charge on any atom is 0.163 e. The van der Waals surface area contributed by atoms with Gasteiger partial charge in [-0.1, -0.05) is 12.5 Å². The van der Waals surface area contributed by atoms with Crippen molar-refractivity contribution in [3.63, 3.8) is 0 Å². The molecule has 5 nitrogen and oxygen atoms in total. The number of fused-ring (bicyclic) bond motifs is 1. The maximum absolute atomic E-state index is 13.3. The van der Waals surface area contributed by atoms with Crippen LogP contribution in [0, 0.1) is 5.82 Å². The third-order valence-corrected chi connectivity index (χ3v) is 4.16. The minimum atomic E-state index is -0.293. The van der Waals surface area contributed by atoms with Gasteiger partial charge in [0.2, 0.25) is 0 Å². The molecule has 112 valence electrons. The maximum atomic E-state index is 13.3. The molecule has 1 aliphatic carbocycles. The molecule has 4 rings (SSSR count). The van der Waals surface area contributed by atoms with Crippen LogP contribution in [0.3, 0.4) is 0 Å². The molecule has 0 amide bonds. The van der Waals surface area contributed by atoms with Gasteiger partial charge in [0.05, 0.1) is 6.20 Å². The third-order valence-electron chi connectivity index (χ3n) is 4.16. The van der Waals surface area contributed by atoms with E-state index in [0.717, 1.165) is 11.2 Å². The summed E-state index contributed by atoms with van der Waals surface area (Å²) in [5.41, 5.74) is 8.50. The van der Waals surface area contributed by atoms with E-state index in [1.807, 2.05) is 6.20 Å². The van der Waals surface area contributed by atoms with Gasteiger partial charge in [0.1, 0.15) is 17.5 Å². The van der Waals surface area contributed by atoms with Crippen molar-refractivity contribution in [3.8, 4) is 0 Å². The average molecular weight is 297 g/mol. The van der Waals surface area contributed by atoms with Gasteiger partial charge in [-0.25, -0.2) is 9.37 Å². The summed E-state index contributed by atoms with van der Waals surface area (Å²) in [5, 5.41) is 7.58. The van der Waals surface area contributed by atoms with E-state index < -0.39 is 0 Å². The smallest absolute Gasteiger partial charge is 0.163 e. The van der Waals surface area contributed by atoms with E-state index in [1.54, 1.807) is 22.7 Å². The van der Waals surface area contributed by atoms with Crippen molar-refractivity contribution in [1.29, 1.82) is 0 Å². The number of nitrogen functional groups attached to an aromatic ring is 1. The predicted molar refractivity (Wildman–Crippen MR) is 83.7 cm³/mol. The molecule has 0 bridgehead atoms. The number of benzene rings is 1. The Morgan fingerprint density at radius 3 is 2.86 bits per heavy atom. The second-order valence-electron chi connectivity index (χ2n) is 5.66. The molecule has 22 heavy (non-hydrogen) atoms. The van der Waals surface area contributed by atoms with Crippen LogP contribution in [-0.2, 0) is 0 Å². The van der Waals surface area contributed by atoms with Crippen LogP contribution in [0.1, 0.15) is 30.7 Å². The summed E-state index contributed by atoms with van der Waals surface area (Å²) in [6.45, 7) is 0. The number of hydrogen-bond donors (Lipinski definition) is 2. The summed E-state index contributed by atoms with van der Waals surface area (Å²) in [6.07, 6.45) is 5.45. The molecule has 2 aromatic heterocycles. The van der Waals surface area contributed by atoms with Gasteiger partial charge in [-0.15, -0.1) is 0 Å². The third kappa shape index (κ3) is 2.16. The van der Waals surface area contributed by atoms with E-state index in [9.17, 15) is 4.39 Å². The molecule has 0 aliphatic heterocycles. The minimum Gasteiger partial charge on any atom is -0.384 e. The molecule has 3 N–H and O–H groups in total. The van der Waals surface area contributed by atoms with Crippen molar-refractivity contribution >= 4 is 23.0 Å². The Morgan fingerprint density at radius 2 is 2.14 bits per heavy atom. The Kier molecular flexibility index (Phi) is 2.96. The first-order chi connectivity index (χ1) is 10.7. The van der Waals surface area contributed by atoms with E-state index in [-0.39, 0.29) is 5.82 Å². The van der Waals surface area contributed by atoms with Gasteiger partial charge in [0, 0.05) is 17.3 Å². The zero-order chi connectivity index (χ0) is 15.1. The van der Waals surface area contributed by atoms with Crippen molar-refractivity contribution in [2.24, 2.45) is 0 Å². The number of hydrogen-bond acceptors (Lipinski definition) is 4. The number of aromatic nitrogens is 3. The van der Waals surface area contributed by atoms with Gasteiger partial charge >= 0.3 is 0 Å². The van der Waals surface area contributed by atoms with E-state index in [1.165, 1.54) is 31.4 Å². The molecule has 1 aromatic carbocycles. The Hall–Kier alpha value is -2.63. The van der Waals surface area contributed by atoms with Crippen molar-refractivity contribution in [2.45, 2.75) is 25.2 Å². The molecular formula is C16H16FN5. The van der Waals surface area contributed by atoms with E-state index >= 15 is 0 Å². The predicted octanol–water partition coefficient (Wildman–Crippen LogP) is 3.46. The lowest BCUT2D eigenvalue weighted by Gasteiger charge is -2.24. The number of rotatable bonds is 3. The van der Waals surface area contributed by atoms with Crippen molar-refractivity contribution in [3.05, 3.63) is 47.9 Å². The number of anilines is 3. The van der Waals surface area contributed by atoms with Crippen molar-refractivity contribution < 1.29 is 4.39 Å². The second kappa shape index (κ2) is 4.98. The Balaban J connectivity index is 1.78. The molecule has 1 fully saturated rings. The summed E-state index contributed by atoms with van der Waals surface area (Å²) >= 11 is 0. The monoisotopic (exact) mass is 297 g/mol. The quantitative estimate of drug-likeness (QED) is 0.777. The average Bonchev–Trinajstić information content (AvgIpc) is 2.81. The van der Waals surface area contributed by atoms with Crippen LogP contribution in [0.25, 0.3) is 5.65 Å². The molecule has 0 saturated heterocycles. The molecule has 1 saturated carbocycles. The highest BCUT2D eigenvalue weighted by Crippen LogP contribution is 2.38. The first-order valence-corrected chi connectivity index (χ1v) is 7.37. The van der Waals surface area contributed by atoms with Crippen molar-refractivity contribution in [2.75, 3.05) is 11.1 Å². The molecule has 0 atom stereocenters. The molecule has 0 spiro atoms. The normalized spacial score (nSPS) is 15.0. The Labute approximate surface area is 127 Å². The molecule has 3 aromatic rings. The fourth-order valence-electron chi connectivity index (χ4n) is 2.81. The van der Waals surface area contributed by atoms with Crippen LogP contribution in [0.15, 0.2) is 36.5 Å². The number of nitrogens with zero attached hydrogens (tertiary/aromatic N) is 3. The van der Waals surface area contributed by atoms with Gasteiger partial charge in [0.25, 0.3) is 0 Å². The lowest BCUT2D eigenvalue weighted by molar-refractivity contribution is 0.421. The first-order valence-electron chi connectivity index (χ1n) is 7.37. The molecule has 0 radical (unpaired) electrons. The molecule has 0 unspecified atom stereocenters. The lowest BCUT2D eigenvalue weighted by Crippen LogP contribution is -2.10. The summed E-state index contributed by atoms with van der Waals surface area (Å²) in [6, 6.07) is 7.99. The van der Waals surface area contributed by atoms with Crippen LogP contribution in [0.2, 0.25) is 0 Å². The SMILES string of the molecule is Nc1cc(Nc2cccc(F)c2)n2ncc(C3CCC3)c2n1. The van der Waals surface area contributed by atoms with Gasteiger partial charge in [-0.2, -0.15) is 9.61 Å². The summed E-state index contributed by atoms with van der Waals surface area (Å²) in [4.78, 5) is 4.42. The zero-order valence-electron chi connectivity index (χ0n) is 12.0. The Morgan fingerprint density at radius 1 is 1.27 bits per heavy atom. The van der Waals surface area contributed by atoms with Crippen LogP contribution in [0.5, 0.6) is 0 Å². The first kappa shape index (κ1) is 13.1. The largest absolute Gasteiger partial charge is 0.384 e. The zero-order valence-corrected chi connectivity index (χ0v) is 12.0. The Bertz CT molecular complexity index is 838. The topological polar surface area (TPSA) is 68.2 Å². The second-order valence-corrected chi connectivity index (χ2v) is 5.66.